The van der Waals surface area contributed by atoms with Crippen LogP contribution in [0.15, 0.2) is 77.9 Å². The van der Waals surface area contributed by atoms with E-state index >= 15 is 0 Å². The number of para-hydroxylation sites is 1. The summed E-state index contributed by atoms with van der Waals surface area (Å²) in [6.45, 7) is 4.82. The van der Waals surface area contributed by atoms with Gasteiger partial charge >= 0.3 is 5.97 Å². The number of ether oxygens (including phenoxy) is 2. The number of ketones is 1. The van der Waals surface area contributed by atoms with Crippen molar-refractivity contribution < 1.29 is 19.1 Å². The summed E-state index contributed by atoms with van der Waals surface area (Å²) in [5.74, 6) is 0.940. The minimum Gasteiger partial charge on any atom is -0.489 e. The first-order valence-corrected chi connectivity index (χ1v) is 11.0. The molecule has 4 heteroatoms. The average Bonchev–Trinajstić information content (AvgIpc) is 3.19. The minimum absolute atomic E-state index is 0.126. The summed E-state index contributed by atoms with van der Waals surface area (Å²) in [6.07, 6.45) is 6.68. The van der Waals surface area contributed by atoms with E-state index in [2.05, 4.69) is 19.1 Å². The third-order valence-electron chi connectivity index (χ3n) is 5.56. The highest BCUT2D eigenvalue weighted by Gasteiger charge is 2.23. The summed E-state index contributed by atoms with van der Waals surface area (Å²) in [7, 11) is 0. The van der Waals surface area contributed by atoms with Crippen LogP contribution in [0.5, 0.6) is 5.75 Å². The van der Waals surface area contributed by atoms with E-state index in [9.17, 15) is 9.59 Å². The number of carbonyl (C=O) groups excluding carboxylic acids is 2. The predicted molar refractivity (Wildman–Crippen MR) is 122 cm³/mol. The molecule has 1 atom stereocenters. The zero-order valence-corrected chi connectivity index (χ0v) is 18.3. The minimum atomic E-state index is -0.372. The lowest BCUT2D eigenvalue weighted by molar-refractivity contribution is -0.118. The Labute approximate surface area is 184 Å². The van der Waals surface area contributed by atoms with E-state index in [-0.39, 0.29) is 18.2 Å². The van der Waals surface area contributed by atoms with Crippen molar-refractivity contribution in [1.29, 1.82) is 0 Å². The molecule has 1 aliphatic carbocycles. The third-order valence-corrected chi connectivity index (χ3v) is 5.56. The fourth-order valence-corrected chi connectivity index (χ4v) is 3.97. The quantitative estimate of drug-likeness (QED) is 0.438. The van der Waals surface area contributed by atoms with Gasteiger partial charge in [-0.05, 0) is 49.1 Å². The molecule has 0 fully saturated rings. The molecular weight excluding hydrogens is 388 g/mol. The van der Waals surface area contributed by atoms with E-state index in [1.54, 1.807) is 19.1 Å². The Balaban J connectivity index is 1.52. The van der Waals surface area contributed by atoms with Gasteiger partial charge in [0.05, 0.1) is 12.2 Å². The van der Waals surface area contributed by atoms with Crippen LogP contribution in [0.25, 0.3) is 0 Å². The summed E-state index contributed by atoms with van der Waals surface area (Å²) >= 11 is 0. The SMILES string of the molecule is CCOC(=O)c1ccccc1CC(=O)CCC1=CC=C(COc2ccccc2)C1CC. The van der Waals surface area contributed by atoms with Gasteiger partial charge in [0.2, 0.25) is 0 Å². The Kier molecular flexibility index (Phi) is 8.22. The number of rotatable bonds is 11. The number of Topliss-reactive ketones (excluding diaryl/α,β-unsaturated/α-hetero) is 1. The molecule has 3 rings (SSSR count). The molecule has 0 amide bonds. The van der Waals surface area contributed by atoms with Gasteiger partial charge in [0.1, 0.15) is 18.1 Å². The van der Waals surface area contributed by atoms with Crippen LogP contribution in [0.1, 0.15) is 49.0 Å². The molecule has 0 aliphatic heterocycles. The molecule has 0 heterocycles. The summed E-state index contributed by atoms with van der Waals surface area (Å²) in [5.41, 5.74) is 3.74. The fraction of sp³-hybridized carbons (Fsp3) is 0.333. The van der Waals surface area contributed by atoms with E-state index < -0.39 is 0 Å². The van der Waals surface area contributed by atoms with E-state index in [1.807, 2.05) is 42.5 Å². The van der Waals surface area contributed by atoms with Crippen molar-refractivity contribution in [1.82, 2.24) is 0 Å². The number of hydrogen-bond acceptors (Lipinski definition) is 4. The Morgan fingerprint density at radius 1 is 0.903 bits per heavy atom. The molecule has 1 aliphatic rings. The second-order valence-corrected chi connectivity index (χ2v) is 7.64. The highest BCUT2D eigenvalue weighted by atomic mass is 16.5. The molecule has 0 spiro atoms. The maximum Gasteiger partial charge on any atom is 0.338 e. The lowest BCUT2D eigenvalue weighted by Gasteiger charge is -2.18. The lowest BCUT2D eigenvalue weighted by atomic mass is 9.89. The van der Waals surface area contributed by atoms with Gasteiger partial charge in [-0.3, -0.25) is 4.79 Å². The van der Waals surface area contributed by atoms with Crippen molar-refractivity contribution >= 4 is 11.8 Å². The van der Waals surface area contributed by atoms with Crippen LogP contribution in [0.4, 0.5) is 0 Å². The fourth-order valence-electron chi connectivity index (χ4n) is 3.97. The van der Waals surface area contributed by atoms with Crippen LogP contribution < -0.4 is 4.74 Å². The maximum atomic E-state index is 12.7. The molecule has 4 nitrogen and oxygen atoms in total. The van der Waals surface area contributed by atoms with Gasteiger partial charge in [-0.2, -0.15) is 0 Å². The molecular formula is C27H30O4. The smallest absolute Gasteiger partial charge is 0.338 e. The molecule has 0 saturated heterocycles. The average molecular weight is 419 g/mol. The number of carbonyl (C=O) groups is 2. The van der Waals surface area contributed by atoms with Crippen molar-refractivity contribution in [3.05, 3.63) is 89.0 Å². The van der Waals surface area contributed by atoms with Crippen LogP contribution in [-0.4, -0.2) is 25.0 Å². The number of benzene rings is 2. The number of hydrogen-bond donors (Lipinski definition) is 0. The predicted octanol–water partition coefficient (Wildman–Crippen LogP) is 5.73. The van der Waals surface area contributed by atoms with E-state index in [0.29, 0.717) is 31.1 Å². The summed E-state index contributed by atoms with van der Waals surface area (Å²) in [5, 5.41) is 0. The van der Waals surface area contributed by atoms with Crippen LogP contribution >= 0.6 is 0 Å². The number of allylic oxidation sites excluding steroid dienone is 3. The van der Waals surface area contributed by atoms with Crippen molar-refractivity contribution in [3.63, 3.8) is 0 Å². The Morgan fingerprint density at radius 3 is 2.35 bits per heavy atom. The molecule has 31 heavy (non-hydrogen) atoms. The first-order valence-electron chi connectivity index (χ1n) is 11.0. The van der Waals surface area contributed by atoms with Crippen LogP contribution in [0.2, 0.25) is 0 Å². The molecule has 0 saturated carbocycles. The Morgan fingerprint density at radius 2 is 1.61 bits per heavy atom. The van der Waals surface area contributed by atoms with E-state index in [4.69, 9.17) is 9.47 Å². The zero-order chi connectivity index (χ0) is 22.1. The standard InChI is InChI=1S/C27H30O4/c1-3-25-20(14-15-22(25)19-31-24-11-6-5-7-12-24)16-17-23(28)18-21-10-8-9-13-26(21)27(29)30-4-2/h5-15,25H,3-4,16-19H2,1-2H3. The maximum absolute atomic E-state index is 12.7. The molecule has 0 radical (unpaired) electrons. The largest absolute Gasteiger partial charge is 0.489 e. The highest BCUT2D eigenvalue weighted by molar-refractivity contribution is 5.93. The second kappa shape index (κ2) is 11.3. The van der Waals surface area contributed by atoms with Crippen LogP contribution in [-0.2, 0) is 16.0 Å². The zero-order valence-electron chi connectivity index (χ0n) is 18.3. The summed E-state index contributed by atoms with van der Waals surface area (Å²) in [6, 6.07) is 17.0. The van der Waals surface area contributed by atoms with Crippen LogP contribution in [0.3, 0.4) is 0 Å². The Hall–Kier alpha value is -3.14. The van der Waals surface area contributed by atoms with E-state index in [1.165, 1.54) is 11.1 Å². The van der Waals surface area contributed by atoms with Gasteiger partial charge in [-0.15, -0.1) is 0 Å². The second-order valence-electron chi connectivity index (χ2n) is 7.64. The molecule has 162 valence electrons. The molecule has 0 N–H and O–H groups in total. The first kappa shape index (κ1) is 22.5. The number of esters is 1. The van der Waals surface area contributed by atoms with Crippen LogP contribution in [0, 0.1) is 5.92 Å². The van der Waals surface area contributed by atoms with Gasteiger partial charge in [0, 0.05) is 18.8 Å². The van der Waals surface area contributed by atoms with Gasteiger partial charge in [-0.1, -0.05) is 61.0 Å². The van der Waals surface area contributed by atoms with Gasteiger partial charge in [0.15, 0.2) is 0 Å². The molecule has 0 aromatic heterocycles. The lowest BCUT2D eigenvalue weighted by Crippen LogP contribution is -2.13. The molecule has 2 aromatic carbocycles. The van der Waals surface area contributed by atoms with Crippen molar-refractivity contribution in [2.75, 3.05) is 13.2 Å². The first-order chi connectivity index (χ1) is 15.1. The van der Waals surface area contributed by atoms with Crippen molar-refractivity contribution in [2.45, 2.75) is 39.5 Å². The van der Waals surface area contributed by atoms with E-state index in [0.717, 1.165) is 24.2 Å². The van der Waals surface area contributed by atoms with Crippen molar-refractivity contribution in [2.24, 2.45) is 5.92 Å². The molecule has 2 aromatic rings. The van der Waals surface area contributed by atoms with Gasteiger partial charge in [0.25, 0.3) is 0 Å². The van der Waals surface area contributed by atoms with Gasteiger partial charge < -0.3 is 9.47 Å². The summed E-state index contributed by atoms with van der Waals surface area (Å²) in [4.78, 5) is 24.8. The normalized spacial score (nSPS) is 15.2. The van der Waals surface area contributed by atoms with Crippen molar-refractivity contribution in [3.8, 4) is 5.75 Å². The summed E-state index contributed by atoms with van der Waals surface area (Å²) < 4.78 is 11.0. The monoisotopic (exact) mass is 418 g/mol. The topological polar surface area (TPSA) is 52.6 Å². The molecule has 1 unspecified atom stereocenters. The third kappa shape index (κ3) is 6.17. The molecule has 0 bridgehead atoms. The highest BCUT2D eigenvalue weighted by Crippen LogP contribution is 2.33. The Bertz CT molecular complexity index is 956. The van der Waals surface area contributed by atoms with Gasteiger partial charge in [-0.25, -0.2) is 4.79 Å².